The number of benzene rings is 2. The molecule has 0 spiro atoms. The molecule has 11 atom stereocenters. The standard InChI is InChI=1S/C50H63NO17/c1-26-31(64-42(58)37(63-27(2)52)35(29-19-15-13-16-20-29)51(43(59)67-45(4,5)6)44(60)68-46(7,8)9)24-50(61)40(65-41(57)30-21-17-14-18-22-30)38-48(12,39(56)36(55)34(26)47(50,10)11)32(54)23-33-49(38,25-62-33)66-28(3)53/h13-22,31-33,35-38,40,54-55,61H,23-25H2,1-12H3/t31-,32-,33+,35?,36+,37+,38?,40-,48+,49-,50+/m0/s1. The summed E-state index contributed by atoms with van der Waals surface area (Å²) in [4.78, 5) is 99.6. The van der Waals surface area contributed by atoms with Crippen molar-refractivity contribution in [1.29, 1.82) is 0 Å². The number of rotatable bonds is 9. The number of nitrogens with zero attached hydrogens (tertiary/aromatic N) is 1. The van der Waals surface area contributed by atoms with Crippen LogP contribution >= 0.6 is 0 Å². The van der Waals surface area contributed by atoms with Gasteiger partial charge in [0.1, 0.15) is 47.3 Å². The van der Waals surface area contributed by atoms with Gasteiger partial charge in [-0.25, -0.2) is 24.1 Å². The molecular formula is C50H63NO17. The highest BCUT2D eigenvalue weighted by Gasteiger charge is 2.78. The minimum atomic E-state index is -2.48. The van der Waals surface area contributed by atoms with Gasteiger partial charge in [0.15, 0.2) is 11.4 Å². The van der Waals surface area contributed by atoms with Crippen LogP contribution in [0.2, 0.25) is 0 Å². The molecule has 18 nitrogen and oxygen atoms in total. The highest BCUT2D eigenvalue weighted by atomic mass is 16.6. The van der Waals surface area contributed by atoms with Crippen molar-refractivity contribution in [2.45, 2.75) is 161 Å². The molecule has 68 heavy (non-hydrogen) atoms. The molecule has 3 fully saturated rings. The van der Waals surface area contributed by atoms with Crippen LogP contribution in [-0.2, 0) is 52.3 Å². The maximum atomic E-state index is 15.2. The zero-order valence-electron chi connectivity index (χ0n) is 40.5. The van der Waals surface area contributed by atoms with E-state index in [0.717, 1.165) is 13.8 Å². The van der Waals surface area contributed by atoms with Crippen molar-refractivity contribution in [3.8, 4) is 0 Å². The Bertz CT molecular complexity index is 2320. The summed E-state index contributed by atoms with van der Waals surface area (Å²) < 4.78 is 41.5. The van der Waals surface area contributed by atoms with E-state index in [2.05, 4.69) is 0 Å². The van der Waals surface area contributed by atoms with Crippen LogP contribution in [-0.4, -0.2) is 128 Å². The van der Waals surface area contributed by atoms with Crippen molar-refractivity contribution in [1.82, 2.24) is 4.90 Å². The first-order valence-corrected chi connectivity index (χ1v) is 22.5. The lowest BCUT2D eigenvalue weighted by atomic mass is 9.44. The fraction of sp³-hybridized carbons (Fsp3) is 0.580. The topological polar surface area (TPSA) is 248 Å². The normalized spacial score (nSPS) is 30.5. The summed E-state index contributed by atoms with van der Waals surface area (Å²) in [5.74, 6) is -6.77. The molecule has 2 aromatic rings. The molecule has 2 saturated carbocycles. The average Bonchev–Trinajstić information content (AvgIpc) is 3.22. The number of aliphatic hydroxyl groups excluding tert-OH is 2. The number of carbonyl (C=O) groups is 7. The van der Waals surface area contributed by atoms with Crippen molar-refractivity contribution in [3.63, 3.8) is 0 Å². The first-order chi connectivity index (χ1) is 31.4. The molecule has 1 heterocycles. The van der Waals surface area contributed by atoms with Gasteiger partial charge in [-0.1, -0.05) is 62.4 Å². The van der Waals surface area contributed by atoms with E-state index in [-0.39, 0.29) is 35.3 Å². The lowest BCUT2D eigenvalue weighted by molar-refractivity contribution is -0.346. The largest absolute Gasteiger partial charge is 0.455 e. The lowest BCUT2D eigenvalue weighted by Gasteiger charge is -2.67. The van der Waals surface area contributed by atoms with Gasteiger partial charge in [-0.2, -0.15) is 0 Å². The van der Waals surface area contributed by atoms with E-state index in [0.29, 0.717) is 4.90 Å². The van der Waals surface area contributed by atoms with Crippen molar-refractivity contribution in [2.75, 3.05) is 6.61 Å². The zero-order valence-corrected chi connectivity index (χ0v) is 40.5. The van der Waals surface area contributed by atoms with Crippen LogP contribution in [0, 0.1) is 16.7 Å². The molecule has 2 amide bonds. The number of amides is 2. The van der Waals surface area contributed by atoms with Gasteiger partial charge in [-0.15, -0.1) is 0 Å². The van der Waals surface area contributed by atoms with Crippen molar-refractivity contribution < 1.29 is 82.0 Å². The molecule has 3 aliphatic carbocycles. The molecule has 4 aliphatic rings. The van der Waals surface area contributed by atoms with Crippen LogP contribution in [0.5, 0.6) is 0 Å². The monoisotopic (exact) mass is 949 g/mol. The summed E-state index contributed by atoms with van der Waals surface area (Å²) in [6.45, 7) is 16.9. The first kappa shape index (κ1) is 51.7. The number of ketones is 1. The Morgan fingerprint density at radius 2 is 1.35 bits per heavy atom. The minimum Gasteiger partial charge on any atom is -0.455 e. The Morgan fingerprint density at radius 1 is 0.809 bits per heavy atom. The smallest absolute Gasteiger partial charge is 0.420 e. The summed E-state index contributed by atoms with van der Waals surface area (Å²) in [6, 6.07) is 13.6. The molecule has 6 rings (SSSR count). The second-order valence-electron chi connectivity index (χ2n) is 20.8. The Morgan fingerprint density at radius 3 is 1.84 bits per heavy atom. The molecule has 2 aromatic carbocycles. The van der Waals surface area contributed by atoms with Crippen LogP contribution in [0.15, 0.2) is 71.8 Å². The van der Waals surface area contributed by atoms with E-state index in [1.165, 1.54) is 52.0 Å². The Hall–Kier alpha value is -5.69. The number of Topliss-reactive ketones (excluding diaryl/α,β-unsaturated/α-hetero) is 1. The van der Waals surface area contributed by atoms with Gasteiger partial charge < -0.3 is 48.5 Å². The van der Waals surface area contributed by atoms with Crippen molar-refractivity contribution in [2.24, 2.45) is 16.7 Å². The minimum absolute atomic E-state index is 0.0322. The van der Waals surface area contributed by atoms with E-state index >= 15 is 9.59 Å². The Balaban J connectivity index is 1.56. The van der Waals surface area contributed by atoms with Crippen LogP contribution < -0.4 is 0 Å². The number of carbonyl (C=O) groups excluding carboxylic acids is 7. The Kier molecular flexibility index (Phi) is 13.9. The van der Waals surface area contributed by atoms with Crippen molar-refractivity contribution >= 4 is 41.8 Å². The number of hydrogen-bond donors (Lipinski definition) is 3. The van der Waals surface area contributed by atoms with Crippen LogP contribution in [0.3, 0.4) is 0 Å². The number of fused-ring (bicyclic) bond motifs is 5. The highest BCUT2D eigenvalue weighted by Crippen LogP contribution is 2.64. The Labute approximate surface area is 395 Å². The summed E-state index contributed by atoms with van der Waals surface area (Å²) >= 11 is 0. The van der Waals surface area contributed by atoms with Gasteiger partial charge in [0, 0.05) is 32.1 Å². The van der Waals surface area contributed by atoms with Crippen molar-refractivity contribution in [3.05, 3.63) is 82.9 Å². The van der Waals surface area contributed by atoms with Gasteiger partial charge in [0.05, 0.1) is 29.6 Å². The number of esters is 4. The molecule has 1 saturated heterocycles. The first-order valence-electron chi connectivity index (χ1n) is 22.5. The molecule has 370 valence electrons. The fourth-order valence-corrected chi connectivity index (χ4v) is 10.4. The predicted molar refractivity (Wildman–Crippen MR) is 238 cm³/mol. The van der Waals surface area contributed by atoms with E-state index in [9.17, 15) is 39.3 Å². The van der Waals surface area contributed by atoms with Crippen LogP contribution in [0.1, 0.15) is 118 Å². The van der Waals surface area contributed by atoms with Crippen LogP contribution in [0.4, 0.5) is 9.59 Å². The second-order valence-corrected chi connectivity index (χ2v) is 20.8. The quantitative estimate of drug-likeness (QED) is 0.160. The van der Waals surface area contributed by atoms with Gasteiger partial charge in [0.2, 0.25) is 6.10 Å². The molecule has 1 aliphatic heterocycles. The number of imide groups is 1. The van der Waals surface area contributed by atoms with E-state index in [4.69, 9.17) is 33.2 Å². The van der Waals surface area contributed by atoms with Gasteiger partial charge in [-0.3, -0.25) is 14.4 Å². The number of ether oxygens (including phenoxy) is 7. The second kappa shape index (κ2) is 18.3. The molecule has 2 unspecified atom stereocenters. The lowest BCUT2D eigenvalue weighted by Crippen LogP contribution is -2.81. The third-order valence-corrected chi connectivity index (χ3v) is 13.6. The average molecular weight is 950 g/mol. The molecule has 0 radical (unpaired) electrons. The highest BCUT2D eigenvalue weighted by molar-refractivity contribution is 5.94. The molecule has 18 heteroatoms. The summed E-state index contributed by atoms with van der Waals surface area (Å²) in [5.41, 5.74) is -10.5. The van der Waals surface area contributed by atoms with E-state index < -0.39 is 130 Å². The van der Waals surface area contributed by atoms with E-state index in [1.54, 1.807) is 77.9 Å². The summed E-state index contributed by atoms with van der Waals surface area (Å²) in [6.07, 6.45) is -13.9. The number of hydrogen-bond acceptors (Lipinski definition) is 17. The summed E-state index contributed by atoms with van der Waals surface area (Å²) in [7, 11) is 0. The van der Waals surface area contributed by atoms with E-state index in [1.807, 2.05) is 0 Å². The number of aliphatic hydroxyl groups is 3. The van der Waals surface area contributed by atoms with Gasteiger partial charge >= 0.3 is 36.1 Å². The maximum absolute atomic E-state index is 15.2. The third-order valence-electron chi connectivity index (χ3n) is 13.6. The SMILES string of the molecule is CC(=O)O[C@@H](C(=O)O[C@H]1C[C@@]2(O)[C@@H](OC(=O)c3ccccc3)C3[C@](C)(C(=O)[C@H](O)C(=C1C)C2(C)C)[C@@H](O)C[C@H]1OC[C@@]31OC(C)=O)C(c1ccccc1)N(C(=O)OC(C)(C)C)C(=O)OC(C)(C)C. The molecule has 2 bridgehead atoms. The van der Waals surface area contributed by atoms with Gasteiger partial charge in [0.25, 0.3) is 0 Å². The molecular weight excluding hydrogens is 887 g/mol. The third kappa shape index (κ3) is 9.27. The summed E-state index contributed by atoms with van der Waals surface area (Å²) in [5, 5.41) is 38.1. The molecule has 3 N–H and O–H groups in total. The zero-order chi connectivity index (χ0) is 50.7. The fourth-order valence-electron chi connectivity index (χ4n) is 10.4. The predicted octanol–water partition coefficient (Wildman–Crippen LogP) is 5.48. The van der Waals surface area contributed by atoms with Gasteiger partial charge in [-0.05, 0) is 84.2 Å². The van der Waals surface area contributed by atoms with Crippen LogP contribution in [0.25, 0.3) is 0 Å². The molecule has 0 aromatic heterocycles. The maximum Gasteiger partial charge on any atom is 0.420 e.